The Bertz CT molecular complexity index is 737. The zero-order chi connectivity index (χ0) is 19.5. The standard InChI is InChI=1S/C22H31N3O3/c1-17(2)12-22(26)25-7-3-4-19(15-25)24-10-8-23(9-11-24)14-18-5-6-20-21(13-18)28-16-27-20/h5-6,12-13,19H,3-4,7-11,14-16H2,1-2H3/t19-/m1/s1. The van der Waals surface area contributed by atoms with E-state index in [1.807, 2.05) is 24.8 Å². The Morgan fingerprint density at radius 1 is 1.11 bits per heavy atom. The molecule has 0 saturated carbocycles. The minimum absolute atomic E-state index is 0.172. The SMILES string of the molecule is CC(C)=CC(=O)N1CCC[C@@H](N2CCN(Cc3ccc4c(c3)OCO4)CC2)C1. The molecule has 152 valence electrons. The molecule has 1 atom stereocenters. The van der Waals surface area contributed by atoms with E-state index in [2.05, 4.69) is 21.9 Å². The van der Waals surface area contributed by atoms with Gasteiger partial charge in [0.2, 0.25) is 12.7 Å². The van der Waals surface area contributed by atoms with Gasteiger partial charge in [0.15, 0.2) is 11.5 Å². The van der Waals surface area contributed by atoms with Gasteiger partial charge in [-0.25, -0.2) is 0 Å². The summed E-state index contributed by atoms with van der Waals surface area (Å²) in [6, 6.07) is 6.74. The van der Waals surface area contributed by atoms with Gasteiger partial charge in [0, 0.05) is 57.9 Å². The molecule has 6 nitrogen and oxygen atoms in total. The van der Waals surface area contributed by atoms with Gasteiger partial charge in [-0.3, -0.25) is 14.6 Å². The Morgan fingerprint density at radius 3 is 2.68 bits per heavy atom. The van der Waals surface area contributed by atoms with Gasteiger partial charge in [-0.1, -0.05) is 11.6 Å². The highest BCUT2D eigenvalue weighted by atomic mass is 16.7. The number of piperidine rings is 1. The fourth-order valence-electron chi connectivity index (χ4n) is 4.38. The maximum atomic E-state index is 12.4. The molecule has 0 bridgehead atoms. The molecule has 3 aliphatic rings. The molecule has 0 radical (unpaired) electrons. The summed E-state index contributed by atoms with van der Waals surface area (Å²) in [6.45, 7) is 11.3. The van der Waals surface area contributed by atoms with Crippen molar-refractivity contribution in [3.05, 3.63) is 35.4 Å². The van der Waals surface area contributed by atoms with E-state index < -0.39 is 0 Å². The molecule has 1 amide bonds. The van der Waals surface area contributed by atoms with Crippen LogP contribution >= 0.6 is 0 Å². The summed E-state index contributed by atoms with van der Waals surface area (Å²) in [5.41, 5.74) is 2.35. The number of likely N-dealkylation sites (tertiary alicyclic amines) is 1. The number of carbonyl (C=O) groups is 1. The molecule has 0 spiro atoms. The highest BCUT2D eigenvalue weighted by Gasteiger charge is 2.29. The summed E-state index contributed by atoms with van der Waals surface area (Å²) >= 11 is 0. The van der Waals surface area contributed by atoms with Gasteiger partial charge in [-0.05, 0) is 44.4 Å². The van der Waals surface area contributed by atoms with Crippen molar-refractivity contribution in [3.8, 4) is 11.5 Å². The normalized spacial score (nSPS) is 22.9. The summed E-state index contributed by atoms with van der Waals surface area (Å²) in [6.07, 6.45) is 4.07. The topological polar surface area (TPSA) is 45.3 Å². The van der Waals surface area contributed by atoms with Crippen molar-refractivity contribution in [2.45, 2.75) is 39.3 Å². The van der Waals surface area contributed by atoms with Gasteiger partial charge in [0.1, 0.15) is 0 Å². The van der Waals surface area contributed by atoms with Gasteiger partial charge < -0.3 is 14.4 Å². The predicted octanol–water partition coefficient (Wildman–Crippen LogP) is 2.49. The Hall–Kier alpha value is -2.05. The van der Waals surface area contributed by atoms with E-state index in [1.165, 1.54) is 12.0 Å². The molecule has 6 heteroatoms. The molecular weight excluding hydrogens is 354 g/mol. The first-order valence-corrected chi connectivity index (χ1v) is 10.4. The van der Waals surface area contributed by atoms with Gasteiger partial charge in [-0.2, -0.15) is 0 Å². The van der Waals surface area contributed by atoms with Crippen LogP contribution in [0.5, 0.6) is 11.5 Å². The lowest BCUT2D eigenvalue weighted by atomic mass is 10.0. The second kappa shape index (κ2) is 8.53. The third kappa shape index (κ3) is 4.50. The molecule has 4 rings (SSSR count). The third-order valence-corrected chi connectivity index (χ3v) is 5.89. The van der Waals surface area contributed by atoms with Crippen LogP contribution in [-0.2, 0) is 11.3 Å². The highest BCUT2D eigenvalue weighted by Crippen LogP contribution is 2.33. The summed E-state index contributed by atoms with van der Waals surface area (Å²) in [7, 11) is 0. The zero-order valence-corrected chi connectivity index (χ0v) is 17.0. The Balaban J connectivity index is 1.28. The molecule has 0 aliphatic carbocycles. The number of amides is 1. The number of benzene rings is 1. The number of allylic oxidation sites excluding steroid dienone is 1. The molecule has 3 heterocycles. The van der Waals surface area contributed by atoms with Gasteiger partial charge in [0.05, 0.1) is 0 Å². The minimum atomic E-state index is 0.172. The first-order valence-electron chi connectivity index (χ1n) is 10.4. The molecule has 1 aromatic rings. The maximum absolute atomic E-state index is 12.4. The van der Waals surface area contributed by atoms with Crippen LogP contribution in [0.3, 0.4) is 0 Å². The number of hydrogen-bond acceptors (Lipinski definition) is 5. The molecule has 1 aromatic carbocycles. The lowest BCUT2D eigenvalue weighted by Crippen LogP contribution is -2.55. The lowest BCUT2D eigenvalue weighted by Gasteiger charge is -2.43. The number of piperazine rings is 1. The van der Waals surface area contributed by atoms with Crippen LogP contribution in [0.15, 0.2) is 29.8 Å². The maximum Gasteiger partial charge on any atom is 0.246 e. The molecule has 2 fully saturated rings. The first kappa shape index (κ1) is 19.3. The highest BCUT2D eigenvalue weighted by molar-refractivity contribution is 5.88. The van der Waals surface area contributed by atoms with Crippen LogP contribution in [0.4, 0.5) is 0 Å². The van der Waals surface area contributed by atoms with E-state index >= 15 is 0 Å². The van der Waals surface area contributed by atoms with Crippen LogP contribution < -0.4 is 9.47 Å². The lowest BCUT2D eigenvalue weighted by molar-refractivity contribution is -0.128. The van der Waals surface area contributed by atoms with E-state index in [4.69, 9.17) is 9.47 Å². The van der Waals surface area contributed by atoms with Crippen molar-refractivity contribution in [1.29, 1.82) is 0 Å². The van der Waals surface area contributed by atoms with E-state index in [0.29, 0.717) is 12.8 Å². The molecular formula is C22H31N3O3. The smallest absolute Gasteiger partial charge is 0.246 e. The number of hydrogen-bond donors (Lipinski definition) is 0. The van der Waals surface area contributed by atoms with Crippen molar-refractivity contribution >= 4 is 5.91 Å². The summed E-state index contributed by atoms with van der Waals surface area (Å²) in [5.74, 6) is 1.88. The fraction of sp³-hybridized carbons (Fsp3) is 0.591. The zero-order valence-electron chi connectivity index (χ0n) is 17.0. The number of rotatable bonds is 4. The monoisotopic (exact) mass is 385 g/mol. The van der Waals surface area contributed by atoms with Crippen LogP contribution in [-0.4, -0.2) is 72.7 Å². The Kier molecular flexibility index (Phi) is 5.87. The second-order valence-corrected chi connectivity index (χ2v) is 8.30. The van der Waals surface area contributed by atoms with E-state index in [-0.39, 0.29) is 5.91 Å². The average molecular weight is 386 g/mol. The predicted molar refractivity (Wildman–Crippen MR) is 108 cm³/mol. The number of fused-ring (bicyclic) bond motifs is 1. The van der Waals surface area contributed by atoms with Crippen molar-refractivity contribution in [3.63, 3.8) is 0 Å². The molecule has 0 unspecified atom stereocenters. The number of ether oxygens (including phenoxy) is 2. The average Bonchev–Trinajstić information content (AvgIpc) is 3.16. The third-order valence-electron chi connectivity index (χ3n) is 5.89. The van der Waals surface area contributed by atoms with Gasteiger partial charge >= 0.3 is 0 Å². The van der Waals surface area contributed by atoms with Gasteiger partial charge in [-0.15, -0.1) is 0 Å². The van der Waals surface area contributed by atoms with Crippen molar-refractivity contribution in [2.75, 3.05) is 46.1 Å². The van der Waals surface area contributed by atoms with Crippen molar-refractivity contribution in [2.24, 2.45) is 0 Å². The van der Waals surface area contributed by atoms with E-state index in [0.717, 1.165) is 69.3 Å². The minimum Gasteiger partial charge on any atom is -0.454 e. The summed E-state index contributed by atoms with van der Waals surface area (Å²) in [5, 5.41) is 0. The molecule has 0 N–H and O–H groups in total. The first-order chi connectivity index (χ1) is 13.6. The van der Waals surface area contributed by atoms with Gasteiger partial charge in [0.25, 0.3) is 0 Å². The molecule has 0 aromatic heterocycles. The number of carbonyl (C=O) groups excluding carboxylic acids is 1. The fourth-order valence-corrected chi connectivity index (χ4v) is 4.38. The van der Waals surface area contributed by atoms with E-state index in [9.17, 15) is 4.79 Å². The molecule has 3 aliphatic heterocycles. The Labute approximate surface area is 167 Å². The largest absolute Gasteiger partial charge is 0.454 e. The van der Waals surface area contributed by atoms with Crippen LogP contribution in [0.1, 0.15) is 32.3 Å². The van der Waals surface area contributed by atoms with Crippen molar-refractivity contribution in [1.82, 2.24) is 14.7 Å². The second-order valence-electron chi connectivity index (χ2n) is 8.30. The van der Waals surface area contributed by atoms with E-state index in [1.54, 1.807) is 6.08 Å². The molecule has 2 saturated heterocycles. The summed E-state index contributed by atoms with van der Waals surface area (Å²) < 4.78 is 10.9. The van der Waals surface area contributed by atoms with Crippen LogP contribution in [0, 0.1) is 0 Å². The van der Waals surface area contributed by atoms with Crippen LogP contribution in [0.2, 0.25) is 0 Å². The van der Waals surface area contributed by atoms with Crippen molar-refractivity contribution < 1.29 is 14.3 Å². The number of nitrogens with zero attached hydrogens (tertiary/aromatic N) is 3. The summed E-state index contributed by atoms with van der Waals surface area (Å²) in [4.78, 5) is 19.5. The Morgan fingerprint density at radius 2 is 1.89 bits per heavy atom. The molecule has 28 heavy (non-hydrogen) atoms. The van der Waals surface area contributed by atoms with Crippen LogP contribution in [0.25, 0.3) is 0 Å². The quantitative estimate of drug-likeness (QED) is 0.745.